The number of hydrogen-bond donors (Lipinski definition) is 1. The molecule has 0 bridgehead atoms. The van der Waals surface area contributed by atoms with E-state index >= 15 is 0 Å². The van der Waals surface area contributed by atoms with Crippen LogP contribution < -0.4 is 5.32 Å². The molecular formula is C11H14ClN. The number of hydrogen-bond acceptors (Lipinski definition) is 1. The van der Waals surface area contributed by atoms with E-state index in [-0.39, 0.29) is 5.54 Å². The Kier molecular flexibility index (Phi) is 2.31. The molecule has 1 aromatic carbocycles. The number of rotatable bonds is 2. The van der Waals surface area contributed by atoms with Crippen LogP contribution >= 0.6 is 11.6 Å². The summed E-state index contributed by atoms with van der Waals surface area (Å²) in [6, 6.07) is 8.12. The Bertz CT molecular complexity index is 299. The predicted octanol–water partition coefficient (Wildman–Crippen LogP) is 2.94. The fourth-order valence-corrected chi connectivity index (χ4v) is 2.35. The Morgan fingerprint density at radius 1 is 1.31 bits per heavy atom. The van der Waals surface area contributed by atoms with Gasteiger partial charge in [0, 0.05) is 10.6 Å². The van der Waals surface area contributed by atoms with Crippen molar-refractivity contribution >= 4 is 11.6 Å². The predicted molar refractivity (Wildman–Crippen MR) is 56.0 cm³/mol. The van der Waals surface area contributed by atoms with E-state index in [9.17, 15) is 0 Å². The SMILES string of the molecule is CNC1(c2ccccc2Cl)CCC1. The maximum Gasteiger partial charge on any atom is 0.0456 e. The normalized spacial score (nSPS) is 19.5. The van der Waals surface area contributed by atoms with Gasteiger partial charge < -0.3 is 5.32 Å². The fourth-order valence-electron chi connectivity index (χ4n) is 2.03. The van der Waals surface area contributed by atoms with Crippen molar-refractivity contribution in [3.05, 3.63) is 34.9 Å². The standard InChI is InChI=1S/C11H14ClN/c1-13-11(7-4-8-11)9-5-2-3-6-10(9)12/h2-3,5-6,13H,4,7-8H2,1H3. The Morgan fingerprint density at radius 2 is 2.00 bits per heavy atom. The first-order chi connectivity index (χ1) is 6.28. The molecule has 0 aliphatic heterocycles. The molecule has 1 aliphatic carbocycles. The van der Waals surface area contributed by atoms with Gasteiger partial charge in [-0.2, -0.15) is 0 Å². The van der Waals surface area contributed by atoms with Crippen LogP contribution in [-0.2, 0) is 5.54 Å². The third kappa shape index (κ3) is 1.36. The molecule has 1 aliphatic rings. The van der Waals surface area contributed by atoms with Gasteiger partial charge in [0.2, 0.25) is 0 Å². The Hall–Kier alpha value is -0.530. The molecule has 0 amide bonds. The molecule has 0 heterocycles. The van der Waals surface area contributed by atoms with Crippen molar-refractivity contribution in [2.24, 2.45) is 0 Å². The monoisotopic (exact) mass is 195 g/mol. The van der Waals surface area contributed by atoms with Crippen molar-refractivity contribution in [1.82, 2.24) is 5.32 Å². The van der Waals surface area contributed by atoms with Gasteiger partial charge in [-0.1, -0.05) is 29.8 Å². The highest BCUT2D eigenvalue weighted by Gasteiger charge is 2.38. The molecule has 0 aromatic heterocycles. The smallest absolute Gasteiger partial charge is 0.0456 e. The summed E-state index contributed by atoms with van der Waals surface area (Å²) in [5.41, 5.74) is 1.42. The van der Waals surface area contributed by atoms with E-state index in [2.05, 4.69) is 17.4 Å². The zero-order chi connectivity index (χ0) is 9.31. The number of benzene rings is 1. The van der Waals surface area contributed by atoms with Gasteiger partial charge in [0.25, 0.3) is 0 Å². The van der Waals surface area contributed by atoms with E-state index in [4.69, 9.17) is 11.6 Å². The van der Waals surface area contributed by atoms with Crippen LogP contribution in [-0.4, -0.2) is 7.05 Å². The maximum absolute atomic E-state index is 6.16. The highest BCUT2D eigenvalue weighted by molar-refractivity contribution is 6.31. The molecule has 70 valence electrons. The summed E-state index contributed by atoms with van der Waals surface area (Å²) in [7, 11) is 2.02. The number of halogens is 1. The minimum atomic E-state index is 0.165. The topological polar surface area (TPSA) is 12.0 Å². The van der Waals surface area contributed by atoms with Gasteiger partial charge in [-0.25, -0.2) is 0 Å². The molecule has 0 radical (unpaired) electrons. The largest absolute Gasteiger partial charge is 0.310 e. The van der Waals surface area contributed by atoms with E-state index in [0.717, 1.165) is 5.02 Å². The highest BCUT2D eigenvalue weighted by atomic mass is 35.5. The van der Waals surface area contributed by atoms with Crippen molar-refractivity contribution in [3.63, 3.8) is 0 Å². The Labute approximate surface area is 84.1 Å². The van der Waals surface area contributed by atoms with E-state index in [1.165, 1.54) is 24.8 Å². The van der Waals surface area contributed by atoms with Gasteiger partial charge >= 0.3 is 0 Å². The van der Waals surface area contributed by atoms with Crippen molar-refractivity contribution in [2.45, 2.75) is 24.8 Å². The van der Waals surface area contributed by atoms with Gasteiger partial charge in [0.15, 0.2) is 0 Å². The summed E-state index contributed by atoms with van der Waals surface area (Å²) in [5, 5.41) is 4.27. The minimum absolute atomic E-state index is 0.165. The lowest BCUT2D eigenvalue weighted by Gasteiger charge is -2.42. The Morgan fingerprint density at radius 3 is 2.46 bits per heavy atom. The molecule has 1 N–H and O–H groups in total. The second kappa shape index (κ2) is 3.32. The van der Waals surface area contributed by atoms with Crippen molar-refractivity contribution in [3.8, 4) is 0 Å². The molecular weight excluding hydrogens is 182 g/mol. The summed E-state index contributed by atoms with van der Waals surface area (Å²) >= 11 is 6.16. The summed E-state index contributed by atoms with van der Waals surface area (Å²) < 4.78 is 0. The lowest BCUT2D eigenvalue weighted by atomic mass is 9.72. The molecule has 1 fully saturated rings. The van der Waals surface area contributed by atoms with Crippen molar-refractivity contribution in [2.75, 3.05) is 7.05 Å². The van der Waals surface area contributed by atoms with Crippen molar-refractivity contribution < 1.29 is 0 Å². The third-order valence-corrected chi connectivity index (χ3v) is 3.40. The van der Waals surface area contributed by atoms with E-state index in [1.54, 1.807) is 0 Å². The third-order valence-electron chi connectivity index (χ3n) is 3.08. The van der Waals surface area contributed by atoms with Gasteiger partial charge in [-0.15, -0.1) is 0 Å². The first-order valence-electron chi connectivity index (χ1n) is 4.72. The second-order valence-electron chi connectivity index (χ2n) is 3.67. The maximum atomic E-state index is 6.16. The molecule has 2 rings (SSSR count). The lowest BCUT2D eigenvalue weighted by molar-refractivity contribution is 0.201. The van der Waals surface area contributed by atoms with Gasteiger partial charge in [0.1, 0.15) is 0 Å². The molecule has 13 heavy (non-hydrogen) atoms. The minimum Gasteiger partial charge on any atom is -0.310 e. The quantitative estimate of drug-likeness (QED) is 0.765. The van der Waals surface area contributed by atoms with Crippen LogP contribution in [0, 0.1) is 0 Å². The summed E-state index contributed by atoms with van der Waals surface area (Å²) in [6.07, 6.45) is 3.70. The fraction of sp³-hybridized carbons (Fsp3) is 0.455. The average Bonchev–Trinajstić information content (AvgIpc) is 2.07. The van der Waals surface area contributed by atoms with Crippen LogP contribution in [0.25, 0.3) is 0 Å². The van der Waals surface area contributed by atoms with Gasteiger partial charge in [-0.05, 0) is 37.9 Å². The first-order valence-corrected chi connectivity index (χ1v) is 5.10. The van der Waals surface area contributed by atoms with Crippen molar-refractivity contribution in [1.29, 1.82) is 0 Å². The van der Waals surface area contributed by atoms with Crippen LogP contribution in [0.5, 0.6) is 0 Å². The molecule has 1 nitrogen and oxygen atoms in total. The van der Waals surface area contributed by atoms with Crippen LogP contribution in [0.1, 0.15) is 24.8 Å². The molecule has 1 aromatic rings. The lowest BCUT2D eigenvalue weighted by Crippen LogP contribution is -2.46. The Balaban J connectivity index is 2.38. The van der Waals surface area contributed by atoms with Crippen LogP contribution in [0.3, 0.4) is 0 Å². The molecule has 2 heteroatoms. The molecule has 0 saturated heterocycles. The molecule has 0 spiro atoms. The first kappa shape index (κ1) is 9.04. The summed E-state index contributed by atoms with van der Waals surface area (Å²) in [6.45, 7) is 0. The van der Waals surface area contributed by atoms with Crippen LogP contribution in [0.15, 0.2) is 24.3 Å². The van der Waals surface area contributed by atoms with Gasteiger partial charge in [-0.3, -0.25) is 0 Å². The zero-order valence-electron chi connectivity index (χ0n) is 7.81. The van der Waals surface area contributed by atoms with E-state index in [1.807, 2.05) is 19.2 Å². The van der Waals surface area contributed by atoms with Gasteiger partial charge in [0.05, 0.1) is 0 Å². The summed E-state index contributed by atoms with van der Waals surface area (Å²) in [5.74, 6) is 0. The molecule has 0 unspecified atom stereocenters. The molecule has 0 atom stereocenters. The highest BCUT2D eigenvalue weighted by Crippen LogP contribution is 2.43. The van der Waals surface area contributed by atoms with E-state index in [0.29, 0.717) is 0 Å². The zero-order valence-corrected chi connectivity index (χ0v) is 8.56. The van der Waals surface area contributed by atoms with E-state index < -0.39 is 0 Å². The van der Waals surface area contributed by atoms with Crippen LogP contribution in [0.4, 0.5) is 0 Å². The summed E-state index contributed by atoms with van der Waals surface area (Å²) in [4.78, 5) is 0. The average molecular weight is 196 g/mol. The number of nitrogens with one attached hydrogen (secondary N) is 1. The second-order valence-corrected chi connectivity index (χ2v) is 4.07. The van der Waals surface area contributed by atoms with Crippen LogP contribution in [0.2, 0.25) is 5.02 Å². The molecule has 1 saturated carbocycles.